The fraction of sp³-hybridized carbons (Fsp3) is 0. The van der Waals surface area contributed by atoms with Gasteiger partial charge in [-0.15, -0.1) is 6.42 Å². The summed E-state index contributed by atoms with van der Waals surface area (Å²) in [5.74, 6) is 2.83. The van der Waals surface area contributed by atoms with Crippen LogP contribution in [0.15, 0.2) is 65.2 Å². The Labute approximate surface area is 145 Å². The third-order valence-electron chi connectivity index (χ3n) is 4.17. The molecular weight excluding hydrogens is 310 g/mol. The Bertz CT molecular complexity index is 1120. The molecule has 0 aliphatic heterocycles. The molecule has 0 spiro atoms. The molecule has 0 aliphatic rings. The number of nitrogen functional groups attached to an aromatic ring is 2. The molecule has 0 fully saturated rings. The highest BCUT2D eigenvalue weighted by Gasteiger charge is 2.19. The molecule has 0 unspecified atom stereocenters. The van der Waals surface area contributed by atoms with E-state index in [0.29, 0.717) is 17.0 Å². The number of nitrogens with zero attached hydrogens (tertiary/aromatic N) is 1. The molecule has 0 bridgehead atoms. The number of rotatable bonds is 2. The summed E-state index contributed by atoms with van der Waals surface area (Å²) in [7, 11) is 0. The van der Waals surface area contributed by atoms with Gasteiger partial charge >= 0.3 is 0 Å². The van der Waals surface area contributed by atoms with Crippen LogP contribution in [-0.2, 0) is 0 Å². The Morgan fingerprint density at radius 1 is 0.960 bits per heavy atom. The van der Waals surface area contributed by atoms with E-state index in [1.807, 2.05) is 54.6 Å². The number of fused-ring (bicyclic) bond motifs is 1. The van der Waals surface area contributed by atoms with Crippen LogP contribution in [0.25, 0.3) is 33.4 Å². The van der Waals surface area contributed by atoms with E-state index in [1.54, 1.807) is 6.20 Å². The van der Waals surface area contributed by atoms with Gasteiger partial charge in [0.1, 0.15) is 11.4 Å². The summed E-state index contributed by atoms with van der Waals surface area (Å²) in [5.41, 5.74) is 17.3. The summed E-state index contributed by atoms with van der Waals surface area (Å²) in [6.45, 7) is 0. The molecule has 4 nitrogen and oxygen atoms in total. The monoisotopic (exact) mass is 325 g/mol. The third kappa shape index (κ3) is 2.39. The van der Waals surface area contributed by atoms with E-state index in [1.165, 1.54) is 0 Å². The van der Waals surface area contributed by atoms with Crippen LogP contribution >= 0.6 is 0 Å². The maximum absolute atomic E-state index is 6.21. The lowest BCUT2D eigenvalue weighted by atomic mass is 9.99. The molecule has 0 aliphatic carbocycles. The Morgan fingerprint density at radius 2 is 1.72 bits per heavy atom. The maximum atomic E-state index is 6.21. The van der Waals surface area contributed by atoms with Gasteiger partial charge in [0.05, 0.1) is 5.39 Å². The lowest BCUT2D eigenvalue weighted by Gasteiger charge is -2.08. The smallest absolute Gasteiger partial charge is 0.215 e. The zero-order valence-electron chi connectivity index (χ0n) is 13.4. The first-order valence-electron chi connectivity index (χ1n) is 7.78. The first-order chi connectivity index (χ1) is 12.2. The minimum Gasteiger partial charge on any atom is -0.436 e. The van der Waals surface area contributed by atoms with Gasteiger partial charge in [0.25, 0.3) is 0 Å². The average Bonchev–Trinajstić information content (AvgIpc) is 2.97. The number of nitrogens with two attached hydrogens (primary N) is 2. The molecular formula is C21H15N3O. The zero-order valence-corrected chi connectivity index (χ0v) is 13.4. The van der Waals surface area contributed by atoms with E-state index >= 15 is 0 Å². The van der Waals surface area contributed by atoms with Gasteiger partial charge in [-0.2, -0.15) is 0 Å². The van der Waals surface area contributed by atoms with Gasteiger partial charge in [0.15, 0.2) is 5.58 Å². The van der Waals surface area contributed by atoms with Crippen molar-refractivity contribution in [1.29, 1.82) is 0 Å². The van der Waals surface area contributed by atoms with Crippen LogP contribution in [0, 0.1) is 12.3 Å². The van der Waals surface area contributed by atoms with Crippen molar-refractivity contribution in [1.82, 2.24) is 4.98 Å². The second-order valence-electron chi connectivity index (χ2n) is 5.70. The number of anilines is 2. The first-order valence-corrected chi connectivity index (χ1v) is 7.78. The molecule has 4 N–H and O–H groups in total. The Hall–Kier alpha value is -3.71. The highest BCUT2D eigenvalue weighted by atomic mass is 16.3. The zero-order chi connectivity index (χ0) is 17.4. The first kappa shape index (κ1) is 14.9. The predicted molar refractivity (Wildman–Crippen MR) is 102 cm³/mol. The van der Waals surface area contributed by atoms with Crippen molar-refractivity contribution >= 4 is 22.5 Å². The summed E-state index contributed by atoms with van der Waals surface area (Å²) in [5, 5.41) is 0.750. The third-order valence-corrected chi connectivity index (χ3v) is 4.17. The lowest BCUT2D eigenvalue weighted by molar-refractivity contribution is 0.638. The minimum absolute atomic E-state index is 0.189. The summed E-state index contributed by atoms with van der Waals surface area (Å²) < 4.78 is 5.75. The molecule has 0 saturated carbocycles. The molecule has 0 radical (unpaired) electrons. The molecule has 4 rings (SSSR count). The molecule has 2 aromatic carbocycles. The Balaban J connectivity index is 2.04. The van der Waals surface area contributed by atoms with Crippen molar-refractivity contribution in [3.8, 4) is 34.7 Å². The summed E-state index contributed by atoms with van der Waals surface area (Å²) >= 11 is 0. The molecule has 4 heteroatoms. The van der Waals surface area contributed by atoms with E-state index in [2.05, 4.69) is 10.9 Å². The van der Waals surface area contributed by atoms with Crippen molar-refractivity contribution in [2.75, 3.05) is 11.5 Å². The topological polar surface area (TPSA) is 78.1 Å². The highest BCUT2D eigenvalue weighted by molar-refractivity contribution is 6.09. The van der Waals surface area contributed by atoms with Gasteiger partial charge in [0.2, 0.25) is 5.88 Å². The predicted octanol–water partition coefficient (Wildman–Crippen LogP) is 4.31. The van der Waals surface area contributed by atoms with Crippen molar-refractivity contribution in [3.63, 3.8) is 0 Å². The number of hydrogen-bond acceptors (Lipinski definition) is 4. The largest absolute Gasteiger partial charge is 0.436 e. The van der Waals surface area contributed by atoms with Gasteiger partial charge in [-0.25, -0.2) is 0 Å². The van der Waals surface area contributed by atoms with Crippen molar-refractivity contribution in [2.45, 2.75) is 0 Å². The minimum atomic E-state index is 0.189. The average molecular weight is 325 g/mol. The quantitative estimate of drug-likeness (QED) is 0.538. The number of aromatic nitrogens is 1. The van der Waals surface area contributed by atoms with Crippen LogP contribution in [0.4, 0.5) is 11.6 Å². The maximum Gasteiger partial charge on any atom is 0.215 e. The van der Waals surface area contributed by atoms with Gasteiger partial charge in [0, 0.05) is 22.9 Å². The van der Waals surface area contributed by atoms with Crippen LogP contribution in [0.1, 0.15) is 5.56 Å². The second kappa shape index (κ2) is 5.73. The van der Waals surface area contributed by atoms with Crippen LogP contribution < -0.4 is 11.5 Å². The Morgan fingerprint density at radius 3 is 2.48 bits per heavy atom. The van der Waals surface area contributed by atoms with Crippen LogP contribution in [0.3, 0.4) is 0 Å². The lowest BCUT2D eigenvalue weighted by Crippen LogP contribution is -1.92. The molecule has 0 saturated heterocycles. The fourth-order valence-corrected chi connectivity index (χ4v) is 2.94. The SMILES string of the molecule is C#Cc1cccc(-c2cnc(-c3ccccc3)c3oc(N)c(N)c23)c1. The van der Waals surface area contributed by atoms with E-state index < -0.39 is 0 Å². The van der Waals surface area contributed by atoms with Crippen LogP contribution in [0.2, 0.25) is 0 Å². The normalized spacial score (nSPS) is 10.7. The van der Waals surface area contributed by atoms with Crippen LogP contribution in [-0.4, -0.2) is 4.98 Å². The molecule has 2 heterocycles. The van der Waals surface area contributed by atoms with E-state index in [4.69, 9.17) is 22.3 Å². The molecule has 25 heavy (non-hydrogen) atoms. The van der Waals surface area contributed by atoms with Gasteiger partial charge in [-0.1, -0.05) is 48.4 Å². The van der Waals surface area contributed by atoms with E-state index in [9.17, 15) is 0 Å². The van der Waals surface area contributed by atoms with Gasteiger partial charge < -0.3 is 15.9 Å². The van der Waals surface area contributed by atoms with E-state index in [0.717, 1.165) is 27.6 Å². The molecule has 120 valence electrons. The number of pyridine rings is 1. The van der Waals surface area contributed by atoms with Crippen molar-refractivity contribution in [3.05, 3.63) is 66.4 Å². The number of furan rings is 1. The highest BCUT2D eigenvalue weighted by Crippen LogP contribution is 2.41. The summed E-state index contributed by atoms with van der Waals surface area (Å²) in [6, 6.07) is 17.4. The van der Waals surface area contributed by atoms with Crippen molar-refractivity contribution < 1.29 is 4.42 Å². The van der Waals surface area contributed by atoms with Crippen molar-refractivity contribution in [2.24, 2.45) is 0 Å². The number of benzene rings is 2. The van der Waals surface area contributed by atoms with Gasteiger partial charge in [-0.3, -0.25) is 4.98 Å². The van der Waals surface area contributed by atoms with E-state index in [-0.39, 0.29) is 5.88 Å². The standard InChI is InChI=1S/C21H15N3O/c1-2-13-7-6-10-15(11-13)16-12-24-19(14-8-4-3-5-9-14)20-17(16)18(22)21(23)25-20/h1,3-12H,22-23H2. The fourth-order valence-electron chi connectivity index (χ4n) is 2.94. The second-order valence-corrected chi connectivity index (χ2v) is 5.70. The van der Waals surface area contributed by atoms with Crippen LogP contribution in [0.5, 0.6) is 0 Å². The molecule has 4 aromatic rings. The summed E-state index contributed by atoms with van der Waals surface area (Å²) in [6.07, 6.45) is 7.30. The van der Waals surface area contributed by atoms with Gasteiger partial charge in [-0.05, 0) is 17.7 Å². The summed E-state index contributed by atoms with van der Waals surface area (Å²) in [4.78, 5) is 4.61. The Kier molecular flexibility index (Phi) is 3.41. The molecule has 0 amide bonds. The number of hydrogen-bond donors (Lipinski definition) is 2. The number of terminal acetylenes is 1. The molecule has 0 atom stereocenters. The molecule has 2 aromatic heterocycles.